The molecule has 0 aliphatic carbocycles. The Hall–Kier alpha value is -2.41. The van der Waals surface area contributed by atoms with Crippen molar-refractivity contribution in [3.05, 3.63) is 71.0 Å². The first-order valence-electron chi connectivity index (χ1n) is 9.24. The van der Waals surface area contributed by atoms with Crippen LogP contribution < -0.4 is 5.32 Å². The first-order valence-corrected chi connectivity index (χ1v) is 9.24. The lowest BCUT2D eigenvalue weighted by atomic mass is 10.1. The minimum atomic E-state index is -4.59. The number of hydrogen-bond donors (Lipinski definition) is 1. The molecule has 0 bridgehead atoms. The topological polar surface area (TPSA) is 32.3 Å². The highest BCUT2D eigenvalue weighted by Crippen LogP contribution is 2.31. The van der Waals surface area contributed by atoms with Gasteiger partial charge in [0.05, 0.1) is 5.56 Å². The van der Waals surface area contributed by atoms with E-state index in [2.05, 4.69) is 5.32 Å². The molecular formula is C21H22F4N2O. The Kier molecular flexibility index (Phi) is 6.34. The van der Waals surface area contributed by atoms with Crippen LogP contribution in [0.2, 0.25) is 0 Å². The molecule has 0 spiro atoms. The third-order valence-electron chi connectivity index (χ3n) is 5.00. The van der Waals surface area contributed by atoms with Gasteiger partial charge < -0.3 is 10.2 Å². The van der Waals surface area contributed by atoms with Gasteiger partial charge in [-0.3, -0.25) is 4.79 Å². The van der Waals surface area contributed by atoms with Crippen molar-refractivity contribution in [2.75, 3.05) is 6.54 Å². The molecule has 150 valence electrons. The summed E-state index contributed by atoms with van der Waals surface area (Å²) in [5.74, 6) is -1.03. The van der Waals surface area contributed by atoms with Crippen LogP contribution in [-0.4, -0.2) is 23.4 Å². The standard InChI is InChI=1S/C21H22F4N2O/c22-19-12-17(21(23,24)25)7-6-16(19)14-27-18(8-9-20(27)28)10-11-26-13-15-4-2-1-3-5-15/h1-7,12,18,26H,8-11,13-14H2. The SMILES string of the molecule is O=C1CCC(CCNCc2ccccc2)N1Cc1ccc(C(F)(F)F)cc1F. The number of nitrogens with zero attached hydrogens (tertiary/aromatic N) is 1. The summed E-state index contributed by atoms with van der Waals surface area (Å²) in [6.07, 6.45) is -2.82. The molecular weight excluding hydrogens is 372 g/mol. The van der Waals surface area contributed by atoms with Crippen LogP contribution in [0, 0.1) is 5.82 Å². The van der Waals surface area contributed by atoms with Crippen LogP contribution in [0.5, 0.6) is 0 Å². The lowest BCUT2D eigenvalue weighted by Crippen LogP contribution is -2.35. The minimum Gasteiger partial charge on any atom is -0.335 e. The molecule has 28 heavy (non-hydrogen) atoms. The van der Waals surface area contributed by atoms with Crippen molar-refractivity contribution in [2.24, 2.45) is 0 Å². The van der Waals surface area contributed by atoms with Crippen molar-refractivity contribution >= 4 is 5.91 Å². The molecule has 0 aromatic heterocycles. The Morgan fingerprint density at radius 1 is 1.11 bits per heavy atom. The highest BCUT2D eigenvalue weighted by molar-refractivity contribution is 5.78. The van der Waals surface area contributed by atoms with Crippen LogP contribution in [0.3, 0.4) is 0 Å². The van der Waals surface area contributed by atoms with Gasteiger partial charge in [-0.25, -0.2) is 4.39 Å². The van der Waals surface area contributed by atoms with E-state index >= 15 is 0 Å². The van der Waals surface area contributed by atoms with Gasteiger partial charge in [-0.1, -0.05) is 36.4 Å². The lowest BCUT2D eigenvalue weighted by Gasteiger charge is -2.25. The second-order valence-electron chi connectivity index (χ2n) is 6.97. The summed E-state index contributed by atoms with van der Waals surface area (Å²) in [6.45, 7) is 1.40. The number of nitrogens with one attached hydrogen (secondary N) is 1. The van der Waals surface area contributed by atoms with Crippen molar-refractivity contribution in [3.8, 4) is 0 Å². The molecule has 3 nitrogen and oxygen atoms in total. The summed E-state index contributed by atoms with van der Waals surface area (Å²) in [7, 11) is 0. The van der Waals surface area contributed by atoms with E-state index in [0.29, 0.717) is 31.9 Å². The number of halogens is 4. The second-order valence-corrected chi connectivity index (χ2v) is 6.97. The fourth-order valence-electron chi connectivity index (χ4n) is 3.44. The van der Waals surface area contributed by atoms with Gasteiger partial charge in [-0.15, -0.1) is 0 Å². The van der Waals surface area contributed by atoms with Gasteiger partial charge in [0, 0.05) is 31.1 Å². The highest BCUT2D eigenvalue weighted by atomic mass is 19.4. The summed E-state index contributed by atoms with van der Waals surface area (Å²) in [5.41, 5.74) is 0.238. The largest absolute Gasteiger partial charge is 0.416 e. The van der Waals surface area contributed by atoms with Crippen molar-refractivity contribution < 1.29 is 22.4 Å². The lowest BCUT2D eigenvalue weighted by molar-refractivity contribution is -0.138. The van der Waals surface area contributed by atoms with Gasteiger partial charge in [0.1, 0.15) is 5.82 Å². The number of rotatable bonds is 7. The summed E-state index contributed by atoms with van der Waals surface area (Å²) < 4.78 is 52.2. The van der Waals surface area contributed by atoms with E-state index in [-0.39, 0.29) is 24.1 Å². The summed E-state index contributed by atoms with van der Waals surface area (Å²) >= 11 is 0. The Balaban J connectivity index is 1.57. The highest BCUT2D eigenvalue weighted by Gasteiger charge is 2.33. The number of carbonyl (C=O) groups is 1. The van der Waals surface area contributed by atoms with Gasteiger partial charge in [-0.05, 0) is 37.1 Å². The van der Waals surface area contributed by atoms with E-state index in [1.165, 1.54) is 0 Å². The second kappa shape index (κ2) is 8.73. The third-order valence-corrected chi connectivity index (χ3v) is 5.00. The summed E-state index contributed by atoms with van der Waals surface area (Å²) in [4.78, 5) is 13.8. The molecule has 1 heterocycles. The molecule has 0 saturated carbocycles. The summed E-state index contributed by atoms with van der Waals surface area (Å²) in [5, 5.41) is 3.33. The molecule has 1 atom stereocenters. The molecule has 1 saturated heterocycles. The van der Waals surface area contributed by atoms with Crippen LogP contribution in [0.25, 0.3) is 0 Å². The van der Waals surface area contributed by atoms with E-state index in [1.807, 2.05) is 30.3 Å². The Labute approximate surface area is 161 Å². The predicted octanol–water partition coefficient (Wildman–Crippen LogP) is 4.52. The van der Waals surface area contributed by atoms with Gasteiger partial charge in [0.25, 0.3) is 0 Å². The molecule has 2 aromatic rings. The van der Waals surface area contributed by atoms with Gasteiger partial charge >= 0.3 is 6.18 Å². The first kappa shape index (κ1) is 20.3. The number of amides is 1. The molecule has 1 fully saturated rings. The molecule has 1 N–H and O–H groups in total. The quantitative estimate of drug-likeness (QED) is 0.553. The molecule has 0 radical (unpaired) electrons. The number of benzene rings is 2. The maximum absolute atomic E-state index is 14.1. The molecule has 1 aliphatic heterocycles. The van der Waals surface area contributed by atoms with Crippen LogP contribution in [-0.2, 0) is 24.1 Å². The third kappa shape index (κ3) is 5.10. The zero-order valence-corrected chi connectivity index (χ0v) is 15.3. The molecule has 2 aromatic carbocycles. The van der Waals surface area contributed by atoms with E-state index < -0.39 is 17.6 Å². The van der Waals surface area contributed by atoms with Gasteiger partial charge in [0.2, 0.25) is 5.91 Å². The first-order chi connectivity index (χ1) is 13.3. The minimum absolute atomic E-state index is 0.00778. The van der Waals surface area contributed by atoms with E-state index in [0.717, 1.165) is 24.2 Å². The maximum Gasteiger partial charge on any atom is 0.416 e. The predicted molar refractivity (Wildman–Crippen MR) is 97.7 cm³/mol. The molecule has 1 aliphatic rings. The van der Waals surface area contributed by atoms with Crippen LogP contribution in [0.4, 0.5) is 17.6 Å². The smallest absolute Gasteiger partial charge is 0.335 e. The molecule has 3 rings (SSSR count). The Bertz CT molecular complexity index is 808. The van der Waals surface area contributed by atoms with Gasteiger partial charge in [0.15, 0.2) is 0 Å². The molecule has 1 unspecified atom stereocenters. The van der Waals surface area contributed by atoms with Crippen molar-refractivity contribution in [1.29, 1.82) is 0 Å². The number of likely N-dealkylation sites (tertiary alicyclic amines) is 1. The maximum atomic E-state index is 14.1. The number of hydrogen-bond acceptors (Lipinski definition) is 2. The Morgan fingerprint density at radius 2 is 1.86 bits per heavy atom. The summed E-state index contributed by atoms with van der Waals surface area (Å²) in [6, 6.07) is 12.3. The monoisotopic (exact) mass is 394 g/mol. The molecule has 1 amide bonds. The van der Waals surface area contributed by atoms with Crippen molar-refractivity contribution in [3.63, 3.8) is 0 Å². The van der Waals surface area contributed by atoms with Gasteiger partial charge in [-0.2, -0.15) is 13.2 Å². The van der Waals surface area contributed by atoms with Crippen LogP contribution in [0.1, 0.15) is 36.0 Å². The molecule has 7 heteroatoms. The Morgan fingerprint density at radius 3 is 2.54 bits per heavy atom. The fourth-order valence-corrected chi connectivity index (χ4v) is 3.44. The number of carbonyl (C=O) groups excluding carboxylic acids is 1. The van der Waals surface area contributed by atoms with Crippen LogP contribution >= 0.6 is 0 Å². The number of alkyl halides is 3. The fraction of sp³-hybridized carbons (Fsp3) is 0.381. The average molecular weight is 394 g/mol. The van der Waals surface area contributed by atoms with E-state index in [9.17, 15) is 22.4 Å². The normalized spacial score (nSPS) is 17.4. The zero-order chi connectivity index (χ0) is 20.1. The average Bonchev–Trinajstić information content (AvgIpc) is 3.00. The van der Waals surface area contributed by atoms with Crippen molar-refractivity contribution in [2.45, 2.75) is 44.6 Å². The van der Waals surface area contributed by atoms with Crippen molar-refractivity contribution in [1.82, 2.24) is 10.2 Å². The van der Waals surface area contributed by atoms with Crippen LogP contribution in [0.15, 0.2) is 48.5 Å². The zero-order valence-electron chi connectivity index (χ0n) is 15.3. The van der Waals surface area contributed by atoms with E-state index in [4.69, 9.17) is 0 Å². The van der Waals surface area contributed by atoms with E-state index in [1.54, 1.807) is 4.90 Å².